The number of halogens is 1. The summed E-state index contributed by atoms with van der Waals surface area (Å²) in [7, 11) is 0. The lowest BCUT2D eigenvalue weighted by molar-refractivity contribution is 0.103. The maximum absolute atomic E-state index is 14.1. The van der Waals surface area contributed by atoms with Gasteiger partial charge in [0, 0.05) is 37.1 Å². The molecule has 2 saturated heterocycles. The van der Waals surface area contributed by atoms with Crippen LogP contribution in [0.3, 0.4) is 0 Å². The minimum atomic E-state index is -0.456. The molecule has 2 aliphatic heterocycles. The maximum Gasteiger partial charge on any atom is 0.322 e. The lowest BCUT2D eigenvalue weighted by Crippen LogP contribution is -2.38. The van der Waals surface area contributed by atoms with E-state index in [0.29, 0.717) is 56.5 Å². The van der Waals surface area contributed by atoms with Crippen LogP contribution in [0.1, 0.15) is 21.6 Å². The van der Waals surface area contributed by atoms with Crippen LogP contribution in [0.15, 0.2) is 66.9 Å². The van der Waals surface area contributed by atoms with Crippen molar-refractivity contribution in [1.82, 2.24) is 20.1 Å². The average Bonchev–Trinajstić information content (AvgIpc) is 3.76. The highest BCUT2D eigenvalue weighted by atomic mass is 19.1. The molecule has 44 heavy (non-hydrogen) atoms. The molecule has 2 fully saturated rings. The van der Waals surface area contributed by atoms with Crippen LogP contribution < -0.4 is 25.6 Å². The van der Waals surface area contributed by atoms with Gasteiger partial charge in [0.25, 0.3) is 0 Å². The fourth-order valence-electron chi connectivity index (χ4n) is 5.66. The SMILES string of the molecule is Cc1cc(-n2ncc(C(=O)c3cc4cc(N5CCOCC5)c(N5CCNC5=O)cc4[nH]3)c2N)ccc1Oc1ccccc1F. The Morgan fingerprint density at radius 1 is 1.02 bits per heavy atom. The van der Waals surface area contributed by atoms with Crippen LogP contribution in [-0.4, -0.2) is 66.0 Å². The summed E-state index contributed by atoms with van der Waals surface area (Å²) >= 11 is 0. The number of nitrogens with two attached hydrogens (primary N) is 1. The lowest BCUT2D eigenvalue weighted by atomic mass is 10.1. The molecular weight excluding hydrogens is 565 g/mol. The Labute approximate surface area is 251 Å². The van der Waals surface area contributed by atoms with E-state index >= 15 is 0 Å². The van der Waals surface area contributed by atoms with E-state index in [0.717, 1.165) is 27.8 Å². The predicted octanol–water partition coefficient (Wildman–Crippen LogP) is 4.77. The number of benzene rings is 3. The van der Waals surface area contributed by atoms with Crippen LogP contribution in [-0.2, 0) is 4.74 Å². The predicted molar refractivity (Wildman–Crippen MR) is 165 cm³/mol. The van der Waals surface area contributed by atoms with Gasteiger partial charge in [-0.1, -0.05) is 12.1 Å². The highest BCUT2D eigenvalue weighted by Crippen LogP contribution is 2.36. The number of amides is 2. The van der Waals surface area contributed by atoms with Crippen molar-refractivity contribution in [2.75, 3.05) is 54.9 Å². The molecule has 0 saturated carbocycles. The van der Waals surface area contributed by atoms with Gasteiger partial charge in [0.2, 0.25) is 5.78 Å². The van der Waals surface area contributed by atoms with Gasteiger partial charge in [0.1, 0.15) is 11.6 Å². The molecule has 0 unspecified atom stereocenters. The second kappa shape index (κ2) is 11.0. The third-order valence-electron chi connectivity index (χ3n) is 7.97. The zero-order valence-corrected chi connectivity index (χ0v) is 24.0. The highest BCUT2D eigenvalue weighted by Gasteiger charge is 2.28. The zero-order valence-electron chi connectivity index (χ0n) is 24.0. The monoisotopic (exact) mass is 595 g/mol. The summed E-state index contributed by atoms with van der Waals surface area (Å²) in [5.41, 5.74) is 10.8. The number of hydrogen-bond acceptors (Lipinski definition) is 7. The number of urea groups is 1. The number of nitrogens with zero attached hydrogens (tertiary/aromatic N) is 4. The highest BCUT2D eigenvalue weighted by molar-refractivity contribution is 6.13. The summed E-state index contributed by atoms with van der Waals surface area (Å²) in [6.45, 7) is 5.57. The van der Waals surface area contributed by atoms with Crippen LogP contribution in [0, 0.1) is 12.7 Å². The summed E-state index contributed by atoms with van der Waals surface area (Å²) in [6.07, 6.45) is 1.45. The number of nitrogens with one attached hydrogen (secondary N) is 2. The molecule has 0 aliphatic carbocycles. The smallest absolute Gasteiger partial charge is 0.322 e. The van der Waals surface area contributed by atoms with Crippen molar-refractivity contribution in [1.29, 1.82) is 0 Å². The van der Waals surface area contributed by atoms with E-state index in [9.17, 15) is 14.0 Å². The third kappa shape index (κ3) is 4.88. The Morgan fingerprint density at radius 3 is 2.59 bits per heavy atom. The Hall–Kier alpha value is -5.36. The van der Waals surface area contributed by atoms with Crippen molar-refractivity contribution >= 4 is 39.9 Å². The van der Waals surface area contributed by atoms with Crippen molar-refractivity contribution in [3.63, 3.8) is 0 Å². The van der Waals surface area contributed by atoms with E-state index in [1.54, 1.807) is 47.4 Å². The van der Waals surface area contributed by atoms with Gasteiger partial charge in [-0.15, -0.1) is 0 Å². The molecule has 3 aromatic carbocycles. The molecule has 0 spiro atoms. The van der Waals surface area contributed by atoms with Crippen LogP contribution in [0.25, 0.3) is 16.6 Å². The first kappa shape index (κ1) is 27.5. The van der Waals surface area contributed by atoms with Crippen molar-refractivity contribution in [2.24, 2.45) is 0 Å². The Balaban J connectivity index is 1.19. The molecule has 12 heteroatoms. The normalized spacial score (nSPS) is 15.2. The van der Waals surface area contributed by atoms with Gasteiger partial charge in [-0.2, -0.15) is 5.10 Å². The molecule has 4 N–H and O–H groups in total. The minimum absolute atomic E-state index is 0.126. The Morgan fingerprint density at radius 2 is 1.84 bits per heavy atom. The molecule has 0 radical (unpaired) electrons. The van der Waals surface area contributed by atoms with Crippen molar-refractivity contribution in [3.05, 3.63) is 89.5 Å². The minimum Gasteiger partial charge on any atom is -0.454 e. The van der Waals surface area contributed by atoms with Gasteiger partial charge in [-0.25, -0.2) is 13.9 Å². The van der Waals surface area contributed by atoms with E-state index < -0.39 is 5.82 Å². The van der Waals surface area contributed by atoms with E-state index in [1.807, 2.05) is 19.1 Å². The molecule has 5 aromatic rings. The van der Waals surface area contributed by atoms with Crippen molar-refractivity contribution < 1.29 is 23.5 Å². The fraction of sp³-hybridized carbons (Fsp3) is 0.219. The third-order valence-corrected chi connectivity index (χ3v) is 7.97. The number of carbonyl (C=O) groups is 2. The number of aryl methyl sites for hydroxylation is 1. The first-order valence-electron chi connectivity index (χ1n) is 14.3. The first-order valence-corrected chi connectivity index (χ1v) is 14.3. The van der Waals surface area contributed by atoms with Gasteiger partial charge >= 0.3 is 6.03 Å². The molecule has 11 nitrogen and oxygen atoms in total. The van der Waals surface area contributed by atoms with Gasteiger partial charge in [0.05, 0.1) is 47.7 Å². The number of carbonyl (C=O) groups excluding carboxylic acids is 2. The number of hydrogen-bond donors (Lipinski definition) is 3. The number of para-hydroxylation sites is 1. The number of fused-ring (bicyclic) bond motifs is 1. The summed E-state index contributed by atoms with van der Waals surface area (Å²) in [5, 5.41) is 8.10. The first-order chi connectivity index (χ1) is 21.4. The second-order valence-corrected chi connectivity index (χ2v) is 10.8. The molecule has 0 bridgehead atoms. The Bertz CT molecular complexity index is 1910. The number of H-pyrrole nitrogens is 1. The van der Waals surface area contributed by atoms with Gasteiger partial charge in [-0.3, -0.25) is 9.69 Å². The van der Waals surface area contributed by atoms with Gasteiger partial charge < -0.3 is 30.4 Å². The molecule has 7 rings (SSSR count). The molecule has 4 heterocycles. The number of rotatable bonds is 7. The number of morpholine rings is 1. The quantitative estimate of drug-likeness (QED) is 0.231. The average molecular weight is 596 g/mol. The number of aromatic amines is 1. The number of ketones is 1. The van der Waals surface area contributed by atoms with Gasteiger partial charge in [0.15, 0.2) is 11.6 Å². The zero-order chi connectivity index (χ0) is 30.4. The largest absolute Gasteiger partial charge is 0.454 e. The molecule has 0 atom stereocenters. The molecule has 224 valence electrons. The summed E-state index contributed by atoms with van der Waals surface area (Å²) in [6, 6.07) is 17.0. The topological polar surface area (TPSA) is 131 Å². The van der Waals surface area contributed by atoms with Crippen LogP contribution in [0.4, 0.5) is 26.4 Å². The summed E-state index contributed by atoms with van der Waals surface area (Å²) in [4.78, 5) is 33.5. The molecule has 2 amide bonds. The fourth-order valence-corrected chi connectivity index (χ4v) is 5.66. The number of ether oxygens (including phenoxy) is 2. The van der Waals surface area contributed by atoms with Crippen LogP contribution >= 0.6 is 0 Å². The summed E-state index contributed by atoms with van der Waals surface area (Å²) < 4.78 is 26.9. The number of nitrogen functional groups attached to an aromatic ring is 1. The van der Waals surface area contributed by atoms with E-state index in [2.05, 4.69) is 20.3 Å². The molecule has 2 aromatic heterocycles. The van der Waals surface area contributed by atoms with Crippen LogP contribution in [0.5, 0.6) is 11.5 Å². The lowest BCUT2D eigenvalue weighted by Gasteiger charge is -2.32. The number of aromatic nitrogens is 3. The second-order valence-electron chi connectivity index (χ2n) is 10.8. The van der Waals surface area contributed by atoms with Gasteiger partial charge in [-0.05, 0) is 61.0 Å². The molecule has 2 aliphatic rings. The van der Waals surface area contributed by atoms with Crippen LogP contribution in [0.2, 0.25) is 0 Å². The van der Waals surface area contributed by atoms with Crippen molar-refractivity contribution in [3.8, 4) is 17.2 Å². The van der Waals surface area contributed by atoms with E-state index in [4.69, 9.17) is 15.2 Å². The standard InChI is InChI=1S/C32H30FN7O4/c1-19-14-21(6-7-28(19)44-29-5-3-2-4-23(29)33)40-31(34)22(18-36-40)30(41)25-15-20-16-26(38-10-12-43-13-11-38)27(17-24(20)37-25)39-9-8-35-32(39)42/h2-7,14-18,37H,8-13,34H2,1H3,(H,35,42). The van der Waals surface area contributed by atoms with Crippen molar-refractivity contribution in [2.45, 2.75) is 6.92 Å². The maximum atomic E-state index is 14.1. The number of anilines is 3. The summed E-state index contributed by atoms with van der Waals surface area (Å²) in [5.74, 6) is 0.0265. The molecular formula is C32H30FN7O4. The van der Waals surface area contributed by atoms with E-state index in [1.165, 1.54) is 16.9 Å². The Kier molecular flexibility index (Phi) is 6.90. The van der Waals surface area contributed by atoms with E-state index in [-0.39, 0.29) is 28.9 Å².